The Morgan fingerprint density at radius 2 is 2.31 bits per heavy atom. The van der Waals surface area contributed by atoms with Gasteiger partial charge in [-0.1, -0.05) is 27.5 Å². The number of ether oxygens (including phenoxy) is 1. The van der Waals surface area contributed by atoms with Gasteiger partial charge < -0.3 is 4.74 Å². The Morgan fingerprint density at radius 1 is 1.54 bits per heavy atom. The summed E-state index contributed by atoms with van der Waals surface area (Å²) in [5.74, 6) is 3.15. The zero-order valence-corrected chi connectivity index (χ0v) is 9.23. The van der Waals surface area contributed by atoms with Gasteiger partial charge in [-0.2, -0.15) is 0 Å². The SMILES string of the molecule is C#CCCOc1cc(Br)ccc1Cl. The maximum absolute atomic E-state index is 5.88. The Bertz CT molecular complexity index is 330. The number of benzene rings is 1. The van der Waals surface area contributed by atoms with Crippen molar-refractivity contribution >= 4 is 27.5 Å². The van der Waals surface area contributed by atoms with Gasteiger partial charge >= 0.3 is 0 Å². The van der Waals surface area contributed by atoms with E-state index in [2.05, 4.69) is 21.9 Å². The van der Waals surface area contributed by atoms with Gasteiger partial charge in [-0.05, 0) is 18.2 Å². The van der Waals surface area contributed by atoms with Crippen LogP contribution in [0.2, 0.25) is 5.02 Å². The van der Waals surface area contributed by atoms with E-state index in [4.69, 9.17) is 22.8 Å². The molecule has 0 atom stereocenters. The van der Waals surface area contributed by atoms with Crippen molar-refractivity contribution in [3.8, 4) is 18.1 Å². The third kappa shape index (κ3) is 3.30. The van der Waals surface area contributed by atoms with E-state index >= 15 is 0 Å². The van der Waals surface area contributed by atoms with E-state index in [-0.39, 0.29) is 0 Å². The monoisotopic (exact) mass is 258 g/mol. The molecule has 0 saturated carbocycles. The molecule has 0 heterocycles. The summed E-state index contributed by atoms with van der Waals surface area (Å²) in [4.78, 5) is 0. The first-order valence-electron chi connectivity index (χ1n) is 3.75. The van der Waals surface area contributed by atoms with Crippen LogP contribution in [0.3, 0.4) is 0 Å². The highest BCUT2D eigenvalue weighted by Crippen LogP contribution is 2.27. The van der Waals surface area contributed by atoms with Crippen LogP contribution >= 0.6 is 27.5 Å². The number of hydrogen-bond acceptors (Lipinski definition) is 1. The summed E-state index contributed by atoms with van der Waals surface area (Å²) in [6, 6.07) is 5.45. The number of rotatable bonds is 3. The molecule has 0 unspecified atom stereocenters. The molecule has 3 heteroatoms. The van der Waals surface area contributed by atoms with Crippen LogP contribution in [-0.4, -0.2) is 6.61 Å². The summed E-state index contributed by atoms with van der Waals surface area (Å²) in [6.07, 6.45) is 5.67. The third-order valence-corrected chi connectivity index (χ3v) is 2.20. The zero-order valence-electron chi connectivity index (χ0n) is 6.89. The van der Waals surface area contributed by atoms with E-state index in [1.165, 1.54) is 0 Å². The largest absolute Gasteiger partial charge is 0.491 e. The Morgan fingerprint density at radius 3 is 3.00 bits per heavy atom. The Kier molecular flexibility index (Phi) is 4.14. The summed E-state index contributed by atoms with van der Waals surface area (Å²) in [7, 11) is 0. The Balaban J connectivity index is 2.65. The van der Waals surface area contributed by atoms with Gasteiger partial charge in [-0.15, -0.1) is 12.3 Å². The second-order valence-electron chi connectivity index (χ2n) is 2.38. The quantitative estimate of drug-likeness (QED) is 0.596. The average molecular weight is 260 g/mol. The van der Waals surface area contributed by atoms with Crippen LogP contribution in [0, 0.1) is 12.3 Å². The van der Waals surface area contributed by atoms with Gasteiger partial charge in [0.05, 0.1) is 11.6 Å². The molecule has 1 rings (SSSR count). The van der Waals surface area contributed by atoms with E-state index in [1.807, 2.05) is 12.1 Å². The molecule has 1 aromatic rings. The van der Waals surface area contributed by atoms with Crippen LogP contribution in [-0.2, 0) is 0 Å². The highest BCUT2D eigenvalue weighted by atomic mass is 79.9. The Hall–Kier alpha value is -0.650. The van der Waals surface area contributed by atoms with Gasteiger partial charge in [-0.25, -0.2) is 0 Å². The number of halogens is 2. The van der Waals surface area contributed by atoms with Crippen molar-refractivity contribution < 1.29 is 4.74 Å². The molecule has 0 aliphatic carbocycles. The molecule has 1 aromatic carbocycles. The predicted molar refractivity (Wildman–Crippen MR) is 58.1 cm³/mol. The average Bonchev–Trinajstić information content (AvgIpc) is 2.11. The van der Waals surface area contributed by atoms with Gasteiger partial charge in [0.1, 0.15) is 5.75 Å². The highest BCUT2D eigenvalue weighted by Gasteiger charge is 2.00. The summed E-state index contributed by atoms with van der Waals surface area (Å²) < 4.78 is 6.29. The Labute approximate surface area is 91.2 Å². The van der Waals surface area contributed by atoms with Gasteiger partial charge in [-0.3, -0.25) is 0 Å². The first-order valence-corrected chi connectivity index (χ1v) is 4.92. The minimum absolute atomic E-state index is 0.493. The number of terminal acetylenes is 1. The van der Waals surface area contributed by atoms with E-state index < -0.39 is 0 Å². The van der Waals surface area contributed by atoms with E-state index in [0.29, 0.717) is 23.8 Å². The van der Waals surface area contributed by atoms with Crippen molar-refractivity contribution in [3.63, 3.8) is 0 Å². The van der Waals surface area contributed by atoms with Crippen molar-refractivity contribution in [1.29, 1.82) is 0 Å². The normalized spacial score (nSPS) is 9.31. The molecule has 0 aliphatic rings. The van der Waals surface area contributed by atoms with Gasteiger partial charge in [0.25, 0.3) is 0 Å². The van der Waals surface area contributed by atoms with Crippen LogP contribution in [0.1, 0.15) is 6.42 Å². The smallest absolute Gasteiger partial charge is 0.139 e. The molecule has 0 aromatic heterocycles. The first kappa shape index (κ1) is 10.4. The molecule has 0 fully saturated rings. The molecule has 68 valence electrons. The number of hydrogen-bond donors (Lipinski definition) is 0. The van der Waals surface area contributed by atoms with Gasteiger partial charge in [0.15, 0.2) is 0 Å². The molecule has 0 radical (unpaired) electrons. The highest BCUT2D eigenvalue weighted by molar-refractivity contribution is 9.10. The molecule has 0 aliphatic heterocycles. The van der Waals surface area contributed by atoms with Crippen LogP contribution in [0.4, 0.5) is 0 Å². The third-order valence-electron chi connectivity index (χ3n) is 1.40. The standard InChI is InChI=1S/C10H8BrClO/c1-2-3-6-13-10-7-8(11)4-5-9(10)12/h1,4-5,7H,3,6H2. The molecule has 0 bridgehead atoms. The van der Waals surface area contributed by atoms with E-state index in [9.17, 15) is 0 Å². The van der Waals surface area contributed by atoms with Crippen molar-refractivity contribution in [3.05, 3.63) is 27.7 Å². The van der Waals surface area contributed by atoms with Crippen molar-refractivity contribution in [1.82, 2.24) is 0 Å². The molecule has 0 N–H and O–H groups in total. The van der Waals surface area contributed by atoms with Crippen LogP contribution < -0.4 is 4.74 Å². The first-order chi connectivity index (χ1) is 6.24. The molecule has 13 heavy (non-hydrogen) atoms. The minimum atomic E-state index is 0.493. The van der Waals surface area contributed by atoms with Crippen molar-refractivity contribution in [2.45, 2.75) is 6.42 Å². The lowest BCUT2D eigenvalue weighted by Crippen LogP contribution is -1.96. The molecule has 0 spiro atoms. The molecular weight excluding hydrogens is 251 g/mol. The predicted octanol–water partition coefficient (Wildman–Crippen LogP) is 3.50. The van der Waals surface area contributed by atoms with Gasteiger partial charge in [0.2, 0.25) is 0 Å². The summed E-state index contributed by atoms with van der Waals surface area (Å²) in [5.41, 5.74) is 0. The van der Waals surface area contributed by atoms with Crippen LogP contribution in [0.15, 0.2) is 22.7 Å². The summed E-state index contributed by atoms with van der Waals surface area (Å²) in [6.45, 7) is 0.493. The molecule has 0 saturated heterocycles. The molecular formula is C10H8BrClO. The second-order valence-corrected chi connectivity index (χ2v) is 3.70. The molecule has 0 amide bonds. The minimum Gasteiger partial charge on any atom is -0.491 e. The fourth-order valence-corrected chi connectivity index (χ4v) is 1.32. The summed E-state index contributed by atoms with van der Waals surface area (Å²) in [5, 5.41) is 0.597. The van der Waals surface area contributed by atoms with Gasteiger partial charge in [0, 0.05) is 10.9 Å². The maximum Gasteiger partial charge on any atom is 0.139 e. The summed E-state index contributed by atoms with van der Waals surface area (Å²) >= 11 is 9.20. The van der Waals surface area contributed by atoms with E-state index in [1.54, 1.807) is 6.07 Å². The molecule has 1 nitrogen and oxygen atoms in total. The lowest BCUT2D eigenvalue weighted by molar-refractivity contribution is 0.327. The zero-order chi connectivity index (χ0) is 9.68. The second kappa shape index (κ2) is 5.16. The van der Waals surface area contributed by atoms with Crippen molar-refractivity contribution in [2.75, 3.05) is 6.61 Å². The van der Waals surface area contributed by atoms with E-state index in [0.717, 1.165) is 4.47 Å². The fraction of sp³-hybridized carbons (Fsp3) is 0.200. The maximum atomic E-state index is 5.88. The lowest BCUT2D eigenvalue weighted by Gasteiger charge is -2.06. The lowest BCUT2D eigenvalue weighted by atomic mass is 10.3. The fourth-order valence-electron chi connectivity index (χ4n) is 0.808. The van der Waals surface area contributed by atoms with Crippen LogP contribution in [0.25, 0.3) is 0 Å². The van der Waals surface area contributed by atoms with Crippen molar-refractivity contribution in [2.24, 2.45) is 0 Å². The topological polar surface area (TPSA) is 9.23 Å². The van der Waals surface area contributed by atoms with Crippen LogP contribution in [0.5, 0.6) is 5.75 Å².